The summed E-state index contributed by atoms with van der Waals surface area (Å²) in [5.41, 5.74) is 7.09. The van der Waals surface area contributed by atoms with Crippen LogP contribution in [0.5, 0.6) is 0 Å². The normalized spacial score (nSPS) is 17.6. The van der Waals surface area contributed by atoms with Gasteiger partial charge < -0.3 is 25.0 Å². The second kappa shape index (κ2) is 16.9. The molecule has 17 nitrogen and oxygen atoms in total. The minimum absolute atomic E-state index is 0.0496. The fourth-order valence-electron chi connectivity index (χ4n) is 5.67. The van der Waals surface area contributed by atoms with Crippen LogP contribution in [-0.4, -0.2) is 104 Å². The Hall–Kier alpha value is -5.88. The standard InChI is InChI=1S/C34H34N6O11S/c35-29(32(43)50-20-22-6-10-25(11-7-22)39(46)47)31(42)37-16-14-36(15-17-37)30(41)28-18-27(52-33(44)24-4-2-1-3-5-24)19-38(28)34(45)51-21-23-8-12-26(13-9-23)40(48)49/h1-13,27-29H,14-21,35H2/t27-,28-,29?/m0/s1. The molecule has 52 heavy (non-hydrogen) atoms. The topological polar surface area (TPSA) is 226 Å². The summed E-state index contributed by atoms with van der Waals surface area (Å²) in [6.07, 6.45) is -0.627. The highest BCUT2D eigenvalue weighted by atomic mass is 32.2. The predicted molar refractivity (Wildman–Crippen MR) is 185 cm³/mol. The van der Waals surface area contributed by atoms with E-state index in [4.69, 9.17) is 15.2 Å². The number of thioether (sulfide) groups is 1. The maximum atomic E-state index is 13.9. The van der Waals surface area contributed by atoms with Crippen molar-refractivity contribution in [3.63, 3.8) is 0 Å². The number of nitrogens with zero attached hydrogens (tertiary/aromatic N) is 5. The van der Waals surface area contributed by atoms with Gasteiger partial charge in [0.05, 0.1) is 9.85 Å². The Kier molecular flexibility index (Phi) is 12.1. The molecule has 3 aromatic rings. The van der Waals surface area contributed by atoms with Crippen LogP contribution < -0.4 is 5.73 Å². The Bertz CT molecular complexity index is 1820. The quantitative estimate of drug-likeness (QED) is 0.130. The SMILES string of the molecule is NC(C(=O)OCc1ccc([N+](=O)[O-])cc1)C(=O)N1CCN(C(=O)[C@@H]2C[C@H](SC(=O)c3ccccc3)CN2C(=O)OCc2ccc([N+](=O)[O-])cc2)CC1. The van der Waals surface area contributed by atoms with Gasteiger partial charge in [0.1, 0.15) is 19.3 Å². The highest BCUT2D eigenvalue weighted by molar-refractivity contribution is 8.14. The number of nitrogens with two attached hydrogens (primary N) is 1. The molecule has 272 valence electrons. The molecule has 2 N–H and O–H groups in total. The van der Waals surface area contributed by atoms with Gasteiger partial charge in [-0.05, 0) is 41.8 Å². The van der Waals surface area contributed by atoms with Crippen LogP contribution in [0.4, 0.5) is 16.2 Å². The van der Waals surface area contributed by atoms with E-state index >= 15 is 0 Å². The van der Waals surface area contributed by atoms with E-state index in [1.807, 2.05) is 0 Å². The lowest BCUT2D eigenvalue weighted by molar-refractivity contribution is -0.385. The predicted octanol–water partition coefficient (Wildman–Crippen LogP) is 2.90. The molecule has 0 radical (unpaired) electrons. The Labute approximate surface area is 300 Å². The number of likely N-dealkylation sites (tertiary alicyclic amines) is 1. The molecule has 3 aromatic carbocycles. The Morgan fingerprint density at radius 1 is 0.769 bits per heavy atom. The maximum absolute atomic E-state index is 13.9. The number of carbonyl (C=O) groups is 5. The largest absolute Gasteiger partial charge is 0.459 e. The van der Waals surface area contributed by atoms with Crippen LogP contribution in [0.3, 0.4) is 0 Å². The van der Waals surface area contributed by atoms with E-state index < -0.39 is 51.1 Å². The number of non-ortho nitro benzene ring substituents is 2. The summed E-state index contributed by atoms with van der Waals surface area (Å²) >= 11 is 1.02. The Balaban J connectivity index is 1.18. The van der Waals surface area contributed by atoms with Crippen LogP contribution in [0.15, 0.2) is 78.9 Å². The van der Waals surface area contributed by atoms with E-state index in [1.54, 1.807) is 30.3 Å². The van der Waals surface area contributed by atoms with Crippen LogP contribution in [0, 0.1) is 20.2 Å². The molecule has 3 atom stereocenters. The number of esters is 1. The molecule has 3 amide bonds. The lowest BCUT2D eigenvalue weighted by Crippen LogP contribution is -2.58. The van der Waals surface area contributed by atoms with Gasteiger partial charge in [0.2, 0.25) is 11.0 Å². The van der Waals surface area contributed by atoms with E-state index in [2.05, 4.69) is 0 Å². The van der Waals surface area contributed by atoms with Gasteiger partial charge in [0.25, 0.3) is 17.3 Å². The fourth-order valence-corrected chi connectivity index (χ4v) is 6.76. The molecule has 0 aromatic heterocycles. The average molecular weight is 735 g/mol. The van der Waals surface area contributed by atoms with Crippen LogP contribution in [0.1, 0.15) is 27.9 Å². The zero-order valence-electron chi connectivity index (χ0n) is 27.6. The summed E-state index contributed by atoms with van der Waals surface area (Å²) in [5.74, 6) is -2.08. The zero-order chi connectivity index (χ0) is 37.4. The minimum Gasteiger partial charge on any atom is -0.459 e. The molecule has 18 heteroatoms. The van der Waals surface area contributed by atoms with Crippen molar-refractivity contribution in [2.45, 2.75) is 37.0 Å². The molecular weight excluding hydrogens is 700 g/mol. The number of nitro groups is 2. The molecule has 2 aliphatic heterocycles. The van der Waals surface area contributed by atoms with Gasteiger partial charge in [-0.15, -0.1) is 0 Å². The molecule has 0 bridgehead atoms. The van der Waals surface area contributed by atoms with Gasteiger partial charge in [-0.2, -0.15) is 0 Å². The van der Waals surface area contributed by atoms with Crippen molar-refractivity contribution in [3.8, 4) is 0 Å². The van der Waals surface area contributed by atoms with Gasteiger partial charge in [-0.1, -0.05) is 42.1 Å². The van der Waals surface area contributed by atoms with Gasteiger partial charge in [0.15, 0.2) is 6.04 Å². The Morgan fingerprint density at radius 3 is 1.83 bits per heavy atom. The van der Waals surface area contributed by atoms with Crippen molar-refractivity contribution >= 4 is 52.1 Å². The molecule has 5 rings (SSSR count). The van der Waals surface area contributed by atoms with E-state index in [-0.39, 0.29) is 68.8 Å². The number of carbonyl (C=O) groups excluding carboxylic acids is 5. The maximum Gasteiger partial charge on any atom is 0.410 e. The molecule has 0 spiro atoms. The van der Waals surface area contributed by atoms with Crippen molar-refractivity contribution in [1.82, 2.24) is 14.7 Å². The van der Waals surface area contributed by atoms with Gasteiger partial charge in [-0.25, -0.2) is 9.59 Å². The number of rotatable bonds is 11. The van der Waals surface area contributed by atoms with Crippen molar-refractivity contribution in [1.29, 1.82) is 0 Å². The summed E-state index contributed by atoms with van der Waals surface area (Å²) in [4.78, 5) is 90.6. The average Bonchev–Trinajstić information content (AvgIpc) is 3.59. The third kappa shape index (κ3) is 9.26. The van der Waals surface area contributed by atoms with Crippen LogP contribution >= 0.6 is 11.8 Å². The second-order valence-electron chi connectivity index (χ2n) is 11.9. The van der Waals surface area contributed by atoms with Gasteiger partial charge in [0, 0.05) is 67.8 Å². The number of ether oxygens (including phenoxy) is 2. The second-order valence-corrected chi connectivity index (χ2v) is 13.2. The zero-order valence-corrected chi connectivity index (χ0v) is 28.4. The molecule has 2 fully saturated rings. The summed E-state index contributed by atoms with van der Waals surface area (Å²) in [6, 6.07) is 16.8. The summed E-state index contributed by atoms with van der Waals surface area (Å²) < 4.78 is 10.6. The molecule has 0 saturated carbocycles. The van der Waals surface area contributed by atoms with E-state index in [0.717, 1.165) is 11.8 Å². The molecule has 0 aliphatic carbocycles. The first kappa shape index (κ1) is 37.4. The number of benzene rings is 3. The van der Waals surface area contributed by atoms with Crippen LogP contribution in [-0.2, 0) is 37.1 Å². The van der Waals surface area contributed by atoms with Crippen molar-refractivity contribution in [2.24, 2.45) is 5.73 Å². The van der Waals surface area contributed by atoms with E-state index in [1.165, 1.54) is 63.2 Å². The van der Waals surface area contributed by atoms with Crippen LogP contribution in [0.2, 0.25) is 0 Å². The molecule has 2 saturated heterocycles. The number of nitro benzene ring substituents is 2. The smallest absolute Gasteiger partial charge is 0.410 e. The number of hydrogen-bond acceptors (Lipinski definition) is 13. The summed E-state index contributed by atoms with van der Waals surface area (Å²) in [6.45, 7) is -0.132. The first-order valence-corrected chi connectivity index (χ1v) is 16.9. The van der Waals surface area contributed by atoms with Crippen molar-refractivity contribution < 1.29 is 43.3 Å². The first-order chi connectivity index (χ1) is 24.9. The van der Waals surface area contributed by atoms with Crippen molar-refractivity contribution in [3.05, 3.63) is 116 Å². The third-order valence-corrected chi connectivity index (χ3v) is 9.65. The number of amides is 3. The lowest BCUT2D eigenvalue weighted by Gasteiger charge is -2.37. The molecular formula is C34H34N6O11S. The molecule has 2 aliphatic rings. The van der Waals surface area contributed by atoms with E-state index in [0.29, 0.717) is 16.7 Å². The lowest BCUT2D eigenvalue weighted by atomic mass is 10.1. The first-order valence-electron chi connectivity index (χ1n) is 16.1. The summed E-state index contributed by atoms with van der Waals surface area (Å²) in [7, 11) is 0. The highest BCUT2D eigenvalue weighted by Crippen LogP contribution is 2.32. The minimum atomic E-state index is -1.63. The van der Waals surface area contributed by atoms with Gasteiger partial charge >= 0.3 is 12.1 Å². The number of piperazine rings is 1. The number of hydrogen-bond donors (Lipinski definition) is 1. The molecule has 2 heterocycles. The molecule has 1 unspecified atom stereocenters. The van der Waals surface area contributed by atoms with E-state index in [9.17, 15) is 44.2 Å². The summed E-state index contributed by atoms with van der Waals surface area (Å²) in [5, 5.41) is 21.2. The fraction of sp³-hybridized carbons (Fsp3) is 0.324. The van der Waals surface area contributed by atoms with Crippen LogP contribution in [0.25, 0.3) is 0 Å². The highest BCUT2D eigenvalue weighted by Gasteiger charge is 2.44. The monoisotopic (exact) mass is 734 g/mol. The Morgan fingerprint density at radius 2 is 1.29 bits per heavy atom. The van der Waals surface area contributed by atoms with Crippen molar-refractivity contribution in [2.75, 3.05) is 32.7 Å². The third-order valence-electron chi connectivity index (χ3n) is 8.53. The van der Waals surface area contributed by atoms with Gasteiger partial charge in [-0.3, -0.25) is 39.5 Å².